The summed E-state index contributed by atoms with van der Waals surface area (Å²) in [7, 11) is 0. The van der Waals surface area contributed by atoms with Crippen molar-refractivity contribution in [3.8, 4) is 0 Å². The number of aliphatic hydroxyl groups is 1. The molecule has 5 rings (SSSR count). The zero-order valence-electron chi connectivity index (χ0n) is 16.9. The van der Waals surface area contributed by atoms with Gasteiger partial charge in [-0.2, -0.15) is 0 Å². The Morgan fingerprint density at radius 3 is 2.58 bits per heavy atom. The van der Waals surface area contributed by atoms with E-state index in [0.29, 0.717) is 22.4 Å². The van der Waals surface area contributed by atoms with Gasteiger partial charge in [0, 0.05) is 33.0 Å². The fraction of sp³-hybridized carbons (Fsp3) is 0.130. The summed E-state index contributed by atoms with van der Waals surface area (Å²) in [4.78, 5) is 27.0. The lowest BCUT2D eigenvalue weighted by atomic mass is 9.95. The number of nitrogens with two attached hydrogens (primary N) is 1. The molecule has 2 heterocycles. The van der Waals surface area contributed by atoms with Crippen molar-refractivity contribution in [1.29, 1.82) is 0 Å². The number of halogens is 3. The van der Waals surface area contributed by atoms with Crippen molar-refractivity contribution in [2.75, 3.05) is 22.5 Å². The summed E-state index contributed by atoms with van der Waals surface area (Å²) in [5.74, 6) is -1.51. The molecule has 3 amide bonds. The van der Waals surface area contributed by atoms with E-state index in [9.17, 15) is 23.5 Å². The van der Waals surface area contributed by atoms with Gasteiger partial charge in [0.15, 0.2) is 0 Å². The Morgan fingerprint density at radius 1 is 1.12 bits per heavy atom. The zero-order valence-corrected chi connectivity index (χ0v) is 17.7. The molecule has 0 aliphatic carbocycles. The fourth-order valence-electron chi connectivity index (χ4n) is 4.31. The molecule has 2 aliphatic rings. The van der Waals surface area contributed by atoms with Crippen molar-refractivity contribution >= 4 is 40.6 Å². The minimum absolute atomic E-state index is 0.0779. The van der Waals surface area contributed by atoms with E-state index in [1.54, 1.807) is 0 Å². The average Bonchev–Trinajstić information content (AvgIpc) is 3.27. The molecule has 3 aromatic rings. The van der Waals surface area contributed by atoms with Crippen LogP contribution in [0.5, 0.6) is 0 Å². The monoisotopic (exact) mass is 470 g/mol. The van der Waals surface area contributed by atoms with E-state index in [2.05, 4.69) is 10.6 Å². The number of amides is 3. The number of fused-ring (bicyclic) bond motifs is 2. The van der Waals surface area contributed by atoms with E-state index in [4.69, 9.17) is 17.3 Å². The molecule has 5 N–H and O–H groups in total. The number of nitrogens with one attached hydrogen (secondary N) is 2. The van der Waals surface area contributed by atoms with Gasteiger partial charge in [-0.05, 0) is 48.5 Å². The molecule has 0 saturated carbocycles. The molecule has 0 aromatic heterocycles. The van der Waals surface area contributed by atoms with Gasteiger partial charge in [-0.3, -0.25) is 9.69 Å². The van der Waals surface area contributed by atoms with Gasteiger partial charge in [-0.25, -0.2) is 13.6 Å². The predicted octanol–water partition coefficient (Wildman–Crippen LogP) is 4.12. The number of hydrogen-bond donors (Lipinski definition) is 4. The molecule has 0 unspecified atom stereocenters. The van der Waals surface area contributed by atoms with Crippen LogP contribution < -0.4 is 21.3 Å². The molecule has 0 fully saturated rings. The Hall–Kier alpha value is -3.69. The summed E-state index contributed by atoms with van der Waals surface area (Å²) in [6, 6.07) is 9.09. The minimum atomic E-state index is -1.05. The van der Waals surface area contributed by atoms with Crippen LogP contribution >= 0.6 is 11.6 Å². The van der Waals surface area contributed by atoms with Crippen molar-refractivity contribution in [3.63, 3.8) is 0 Å². The fourth-order valence-corrected chi connectivity index (χ4v) is 4.54. The number of nitrogen functional groups attached to an aromatic ring is 1. The first kappa shape index (κ1) is 21.2. The Balaban J connectivity index is 1.55. The molecule has 2 aliphatic heterocycles. The van der Waals surface area contributed by atoms with Crippen molar-refractivity contribution in [3.05, 3.63) is 87.4 Å². The largest absolute Gasteiger partial charge is 0.399 e. The van der Waals surface area contributed by atoms with Gasteiger partial charge in [0.05, 0.1) is 30.1 Å². The van der Waals surface area contributed by atoms with E-state index in [-0.39, 0.29) is 28.5 Å². The summed E-state index contributed by atoms with van der Waals surface area (Å²) < 4.78 is 27.5. The summed E-state index contributed by atoms with van der Waals surface area (Å²) in [5.41, 5.74) is 8.00. The molecule has 10 heteroatoms. The molecular formula is C23H17ClF2N4O3. The molecule has 0 spiro atoms. The van der Waals surface area contributed by atoms with Crippen molar-refractivity contribution in [2.45, 2.75) is 12.1 Å². The van der Waals surface area contributed by atoms with Crippen LogP contribution in [0.15, 0.2) is 48.5 Å². The second kappa shape index (κ2) is 7.72. The number of aliphatic hydroxyl groups excluding tert-OH is 1. The minimum Gasteiger partial charge on any atom is -0.399 e. The van der Waals surface area contributed by atoms with Crippen LogP contribution in [0.3, 0.4) is 0 Å². The van der Waals surface area contributed by atoms with Crippen molar-refractivity contribution in [1.82, 2.24) is 5.32 Å². The Bertz CT molecular complexity index is 1330. The molecule has 2 atom stereocenters. The van der Waals surface area contributed by atoms with Gasteiger partial charge in [0.25, 0.3) is 5.91 Å². The van der Waals surface area contributed by atoms with Gasteiger partial charge in [-0.1, -0.05) is 11.6 Å². The second-order valence-electron chi connectivity index (χ2n) is 7.86. The number of β-amino-alcohol motifs (C(OH)–C–C–N with tert-alkyl or cyclic N) is 1. The highest BCUT2D eigenvalue weighted by Gasteiger charge is 2.36. The number of rotatable bonds is 2. The lowest BCUT2D eigenvalue weighted by Gasteiger charge is -2.22. The lowest BCUT2D eigenvalue weighted by molar-refractivity contribution is 0.0960. The van der Waals surface area contributed by atoms with Crippen molar-refractivity contribution < 1.29 is 23.5 Å². The first-order valence-electron chi connectivity index (χ1n) is 9.98. The van der Waals surface area contributed by atoms with Gasteiger partial charge in [0.2, 0.25) is 0 Å². The Morgan fingerprint density at radius 2 is 1.82 bits per heavy atom. The van der Waals surface area contributed by atoms with Crippen LogP contribution in [0.4, 0.5) is 30.6 Å². The molecule has 3 aromatic carbocycles. The van der Waals surface area contributed by atoms with E-state index >= 15 is 0 Å². The zero-order chi connectivity index (χ0) is 23.4. The number of urea groups is 1. The topological polar surface area (TPSA) is 108 Å². The summed E-state index contributed by atoms with van der Waals surface area (Å²) in [6.45, 7) is -0.0779. The molecule has 0 saturated heterocycles. The van der Waals surface area contributed by atoms with Crippen LogP contribution in [0.2, 0.25) is 5.02 Å². The number of nitrogens with zero attached hydrogens (tertiary/aromatic N) is 1. The third-order valence-corrected chi connectivity index (χ3v) is 6.11. The summed E-state index contributed by atoms with van der Waals surface area (Å²) >= 11 is 6.27. The van der Waals surface area contributed by atoms with E-state index in [1.807, 2.05) is 0 Å². The molecule has 33 heavy (non-hydrogen) atoms. The number of anilines is 3. The highest BCUT2D eigenvalue weighted by molar-refractivity contribution is 6.31. The van der Waals surface area contributed by atoms with Crippen molar-refractivity contribution in [2.24, 2.45) is 0 Å². The normalized spacial score (nSPS) is 18.7. The quantitative estimate of drug-likeness (QED) is 0.422. The van der Waals surface area contributed by atoms with E-state index < -0.39 is 35.7 Å². The molecular weight excluding hydrogens is 454 g/mol. The molecule has 7 nitrogen and oxygen atoms in total. The third-order valence-electron chi connectivity index (χ3n) is 5.76. The first-order valence-corrected chi connectivity index (χ1v) is 10.4. The van der Waals surface area contributed by atoms with Crippen LogP contribution in [-0.4, -0.2) is 23.6 Å². The first-order chi connectivity index (χ1) is 15.7. The van der Waals surface area contributed by atoms with Gasteiger partial charge >= 0.3 is 6.03 Å². The van der Waals surface area contributed by atoms with Crippen LogP contribution in [-0.2, 0) is 0 Å². The third kappa shape index (κ3) is 3.55. The molecule has 0 bridgehead atoms. The molecule has 168 valence electrons. The van der Waals surface area contributed by atoms with Gasteiger partial charge in [-0.15, -0.1) is 0 Å². The second-order valence-corrected chi connectivity index (χ2v) is 8.27. The highest BCUT2D eigenvalue weighted by atomic mass is 35.5. The van der Waals surface area contributed by atoms with E-state index in [0.717, 1.165) is 0 Å². The van der Waals surface area contributed by atoms with Crippen LogP contribution in [0.1, 0.15) is 39.2 Å². The number of carbonyl (C=O) groups is 2. The standard InChI is InChI=1S/C23H17ClF2N4O3/c24-16-3-1-10(25)5-13(16)21-20-15(22(32)29-21)7-12(27)8-17(20)28-23(33)30-9-19(31)14-6-11(26)2-4-18(14)30/h1-8,19,21,31H,9,27H2,(H,28,33)(H,29,32)/t19-,21+/m1/s1. The smallest absolute Gasteiger partial charge is 0.326 e. The molecule has 0 radical (unpaired) electrons. The highest BCUT2D eigenvalue weighted by Crippen LogP contribution is 2.41. The van der Waals surface area contributed by atoms with E-state index in [1.165, 1.54) is 53.4 Å². The maximum absolute atomic E-state index is 13.9. The average molecular weight is 471 g/mol. The Labute approximate surface area is 191 Å². The summed E-state index contributed by atoms with van der Waals surface area (Å²) in [6.07, 6.45) is -1.05. The maximum Gasteiger partial charge on any atom is 0.326 e. The SMILES string of the molecule is Nc1cc(NC(=O)N2C[C@@H](O)c3cc(F)ccc32)c2c(c1)C(=O)N[C@H]2c1cc(F)ccc1Cl. The van der Waals surface area contributed by atoms with Gasteiger partial charge < -0.3 is 21.5 Å². The predicted molar refractivity (Wildman–Crippen MR) is 119 cm³/mol. The number of carbonyl (C=O) groups excluding carboxylic acids is 2. The number of benzene rings is 3. The lowest BCUT2D eigenvalue weighted by Crippen LogP contribution is -2.34. The van der Waals surface area contributed by atoms with Gasteiger partial charge in [0.1, 0.15) is 11.6 Å². The summed E-state index contributed by atoms with van der Waals surface area (Å²) in [5, 5.41) is 16.0. The number of hydrogen-bond acceptors (Lipinski definition) is 4. The van der Waals surface area contributed by atoms with Crippen LogP contribution in [0.25, 0.3) is 0 Å². The Kier molecular flexibility index (Phi) is 4.95. The maximum atomic E-state index is 13.9. The van der Waals surface area contributed by atoms with Crippen LogP contribution in [0, 0.1) is 11.6 Å².